The summed E-state index contributed by atoms with van der Waals surface area (Å²) >= 11 is 0. The van der Waals surface area contributed by atoms with Gasteiger partial charge in [-0.3, -0.25) is 0 Å². The molecule has 3 rings (SSSR count). The van der Waals surface area contributed by atoms with Gasteiger partial charge in [0, 0.05) is 5.39 Å². The fourth-order valence-corrected chi connectivity index (χ4v) is 3.32. The van der Waals surface area contributed by atoms with Gasteiger partial charge in [-0.1, -0.05) is 31.9 Å². The molecule has 0 N–H and O–H groups in total. The molecule has 0 atom stereocenters. The predicted molar refractivity (Wildman–Crippen MR) is 80.8 cm³/mol. The van der Waals surface area contributed by atoms with Gasteiger partial charge in [0.15, 0.2) is 11.6 Å². The lowest BCUT2D eigenvalue weighted by atomic mass is 9.79. The van der Waals surface area contributed by atoms with Gasteiger partial charge in [0.25, 0.3) is 0 Å². The van der Waals surface area contributed by atoms with Crippen molar-refractivity contribution in [2.24, 2.45) is 5.92 Å². The quantitative estimate of drug-likeness (QED) is 0.717. The number of hydrogen-bond donors (Lipinski definition) is 0. The van der Waals surface area contributed by atoms with E-state index in [0.717, 1.165) is 24.3 Å². The highest BCUT2D eigenvalue weighted by atomic mass is 19.2. The lowest BCUT2D eigenvalue weighted by Gasteiger charge is -2.26. The van der Waals surface area contributed by atoms with Gasteiger partial charge < -0.3 is 4.74 Å². The first-order valence-corrected chi connectivity index (χ1v) is 7.55. The Morgan fingerprint density at radius 1 is 1.00 bits per heavy atom. The molecule has 0 saturated heterocycles. The summed E-state index contributed by atoms with van der Waals surface area (Å²) in [6.07, 6.45) is 4.68. The Morgan fingerprint density at radius 2 is 1.71 bits per heavy atom. The molecule has 0 unspecified atom stereocenters. The van der Waals surface area contributed by atoms with Crippen LogP contribution in [0.2, 0.25) is 0 Å². The number of benzene rings is 2. The van der Waals surface area contributed by atoms with E-state index >= 15 is 0 Å². The van der Waals surface area contributed by atoms with E-state index < -0.39 is 11.6 Å². The fourth-order valence-electron chi connectivity index (χ4n) is 3.32. The third kappa shape index (κ3) is 2.61. The van der Waals surface area contributed by atoms with Gasteiger partial charge in [-0.25, -0.2) is 4.39 Å². The van der Waals surface area contributed by atoms with Gasteiger partial charge in [-0.15, -0.1) is 0 Å². The third-order valence-electron chi connectivity index (χ3n) is 4.72. The standard InChI is InChI=1S/C18H20F2O/c1-11-3-5-12(6-4-11)13-7-8-14-10-16(21-2)18(20)17(19)15(14)9-13/h7-12H,3-6H2,1-2H3. The maximum absolute atomic E-state index is 14.2. The van der Waals surface area contributed by atoms with Crippen LogP contribution in [0.5, 0.6) is 5.75 Å². The van der Waals surface area contributed by atoms with Gasteiger partial charge in [-0.2, -0.15) is 4.39 Å². The van der Waals surface area contributed by atoms with E-state index in [2.05, 4.69) is 6.92 Å². The van der Waals surface area contributed by atoms with Gasteiger partial charge in [0.2, 0.25) is 5.82 Å². The van der Waals surface area contributed by atoms with Crippen LogP contribution < -0.4 is 4.74 Å². The smallest absolute Gasteiger partial charge is 0.201 e. The molecule has 2 aromatic carbocycles. The molecule has 1 nitrogen and oxygen atoms in total. The monoisotopic (exact) mass is 290 g/mol. The lowest BCUT2D eigenvalue weighted by Crippen LogP contribution is -2.10. The Hall–Kier alpha value is -1.64. The Kier molecular flexibility index (Phi) is 3.83. The molecule has 1 fully saturated rings. The van der Waals surface area contributed by atoms with Crippen molar-refractivity contribution in [1.29, 1.82) is 0 Å². The number of ether oxygens (including phenoxy) is 1. The minimum atomic E-state index is -0.903. The van der Waals surface area contributed by atoms with E-state index in [1.165, 1.54) is 20.0 Å². The number of rotatable bonds is 2. The molecule has 1 aliphatic rings. The number of fused-ring (bicyclic) bond motifs is 1. The van der Waals surface area contributed by atoms with Crippen LogP contribution >= 0.6 is 0 Å². The van der Waals surface area contributed by atoms with Crippen LogP contribution in [0, 0.1) is 17.6 Å². The molecule has 1 saturated carbocycles. The minimum Gasteiger partial charge on any atom is -0.494 e. The summed E-state index contributed by atoms with van der Waals surface area (Å²) in [6.45, 7) is 2.28. The first kappa shape index (κ1) is 14.3. The molecule has 21 heavy (non-hydrogen) atoms. The van der Waals surface area contributed by atoms with Crippen LogP contribution in [-0.4, -0.2) is 7.11 Å². The maximum atomic E-state index is 14.2. The van der Waals surface area contributed by atoms with E-state index in [4.69, 9.17) is 4.74 Å². The molecule has 0 heterocycles. The molecular weight excluding hydrogens is 270 g/mol. The molecule has 1 aliphatic carbocycles. The van der Waals surface area contributed by atoms with Crippen molar-refractivity contribution in [3.8, 4) is 5.75 Å². The Morgan fingerprint density at radius 3 is 2.38 bits per heavy atom. The average molecular weight is 290 g/mol. The normalized spacial score (nSPS) is 22.5. The molecule has 112 valence electrons. The number of hydrogen-bond acceptors (Lipinski definition) is 1. The third-order valence-corrected chi connectivity index (χ3v) is 4.72. The number of methoxy groups -OCH3 is 1. The minimum absolute atomic E-state index is 0.0424. The molecule has 0 bridgehead atoms. The van der Waals surface area contributed by atoms with Crippen molar-refractivity contribution in [3.63, 3.8) is 0 Å². The SMILES string of the molecule is COc1cc2ccc(C3CCC(C)CC3)cc2c(F)c1F. The van der Waals surface area contributed by atoms with Crippen molar-refractivity contribution < 1.29 is 13.5 Å². The Labute approximate surface area is 123 Å². The van der Waals surface area contributed by atoms with Gasteiger partial charge in [0.1, 0.15) is 0 Å². The zero-order chi connectivity index (χ0) is 15.0. The highest BCUT2D eigenvalue weighted by Gasteiger charge is 2.21. The van der Waals surface area contributed by atoms with E-state index in [9.17, 15) is 8.78 Å². The highest BCUT2D eigenvalue weighted by molar-refractivity contribution is 5.85. The van der Waals surface area contributed by atoms with Crippen molar-refractivity contribution in [1.82, 2.24) is 0 Å². The van der Waals surface area contributed by atoms with Crippen LogP contribution in [0.1, 0.15) is 44.1 Å². The average Bonchev–Trinajstić information content (AvgIpc) is 2.51. The summed E-state index contributed by atoms with van der Waals surface area (Å²) in [4.78, 5) is 0. The second-order valence-electron chi connectivity index (χ2n) is 6.14. The predicted octanol–water partition coefficient (Wildman–Crippen LogP) is 5.42. The molecule has 0 spiro atoms. The van der Waals surface area contributed by atoms with Gasteiger partial charge in [0.05, 0.1) is 7.11 Å². The molecule has 3 heteroatoms. The van der Waals surface area contributed by atoms with Gasteiger partial charge >= 0.3 is 0 Å². The van der Waals surface area contributed by atoms with E-state index in [1.54, 1.807) is 6.07 Å². The topological polar surface area (TPSA) is 9.23 Å². The summed E-state index contributed by atoms with van der Waals surface area (Å²) in [5.41, 5.74) is 1.12. The van der Waals surface area contributed by atoms with Crippen LogP contribution in [0.25, 0.3) is 10.8 Å². The van der Waals surface area contributed by atoms with Crippen LogP contribution in [0.15, 0.2) is 24.3 Å². The van der Waals surface area contributed by atoms with Gasteiger partial charge in [-0.05, 0) is 47.8 Å². The second-order valence-corrected chi connectivity index (χ2v) is 6.14. The van der Waals surface area contributed by atoms with Crippen molar-refractivity contribution in [3.05, 3.63) is 41.5 Å². The second kappa shape index (κ2) is 5.63. The van der Waals surface area contributed by atoms with Crippen LogP contribution in [0.4, 0.5) is 8.78 Å². The highest BCUT2D eigenvalue weighted by Crippen LogP contribution is 2.37. The first-order valence-electron chi connectivity index (χ1n) is 7.55. The zero-order valence-corrected chi connectivity index (χ0v) is 12.5. The van der Waals surface area contributed by atoms with Crippen molar-refractivity contribution in [2.75, 3.05) is 7.11 Å². The van der Waals surface area contributed by atoms with Crippen molar-refractivity contribution in [2.45, 2.75) is 38.5 Å². The number of halogens is 2. The first-order chi connectivity index (χ1) is 10.1. The summed E-state index contributed by atoms with van der Waals surface area (Å²) < 4.78 is 32.9. The molecular formula is C18H20F2O. The lowest BCUT2D eigenvalue weighted by molar-refractivity contribution is 0.348. The van der Waals surface area contributed by atoms with Crippen LogP contribution in [0.3, 0.4) is 0 Å². The summed E-state index contributed by atoms with van der Waals surface area (Å²) in [5, 5.41) is 1.03. The Bertz CT molecular complexity index is 658. The Balaban J connectivity index is 2.02. The maximum Gasteiger partial charge on any atom is 0.201 e. The fraction of sp³-hybridized carbons (Fsp3) is 0.444. The van der Waals surface area contributed by atoms with Crippen molar-refractivity contribution >= 4 is 10.8 Å². The van der Waals surface area contributed by atoms with E-state index in [1.807, 2.05) is 18.2 Å². The molecule has 0 amide bonds. The van der Waals surface area contributed by atoms with Crippen LogP contribution in [-0.2, 0) is 0 Å². The molecule has 0 radical (unpaired) electrons. The van der Waals surface area contributed by atoms with E-state index in [0.29, 0.717) is 16.7 Å². The largest absolute Gasteiger partial charge is 0.494 e. The summed E-state index contributed by atoms with van der Waals surface area (Å²) in [7, 11) is 1.35. The molecule has 0 aromatic heterocycles. The summed E-state index contributed by atoms with van der Waals surface area (Å²) in [6, 6.07) is 7.28. The molecule has 2 aromatic rings. The summed E-state index contributed by atoms with van der Waals surface area (Å²) in [5.74, 6) is -0.510. The zero-order valence-electron chi connectivity index (χ0n) is 12.5. The van der Waals surface area contributed by atoms with E-state index in [-0.39, 0.29) is 5.75 Å². The molecule has 0 aliphatic heterocycles.